The average molecular weight is 198 g/mol. The number of carboxylic acids is 1. The van der Waals surface area contributed by atoms with Gasteiger partial charge in [0.25, 0.3) is 0 Å². The number of hydrogen-bond acceptors (Lipinski definition) is 3. The Morgan fingerprint density at radius 1 is 1.43 bits per heavy atom. The molecule has 2 rings (SSSR count). The Bertz CT molecular complexity index is 267. The summed E-state index contributed by atoms with van der Waals surface area (Å²) >= 11 is 0. The highest BCUT2D eigenvalue weighted by molar-refractivity contribution is 5.91. The van der Waals surface area contributed by atoms with Crippen molar-refractivity contribution in [3.05, 3.63) is 0 Å². The van der Waals surface area contributed by atoms with Gasteiger partial charge in [-0.3, -0.25) is 4.79 Å². The SMILES string of the molecule is O=C(NC1(C(=O)O)CC1)C1CCCN1. The van der Waals surface area contributed by atoms with Crippen LogP contribution in [0.15, 0.2) is 0 Å². The van der Waals surface area contributed by atoms with Crippen molar-refractivity contribution in [3.63, 3.8) is 0 Å². The van der Waals surface area contributed by atoms with Crippen LogP contribution in [0.1, 0.15) is 25.7 Å². The molecular formula is C9H14N2O3. The van der Waals surface area contributed by atoms with Crippen LogP contribution in [-0.2, 0) is 9.59 Å². The van der Waals surface area contributed by atoms with Gasteiger partial charge in [-0.2, -0.15) is 0 Å². The molecule has 1 saturated heterocycles. The molecule has 3 N–H and O–H groups in total. The first-order valence-corrected chi connectivity index (χ1v) is 4.93. The molecule has 0 aromatic rings. The standard InChI is InChI=1S/C9H14N2O3/c12-7(6-2-1-5-10-6)11-9(3-4-9)8(13)14/h6,10H,1-5H2,(H,11,12)(H,13,14). The molecule has 1 amide bonds. The smallest absolute Gasteiger partial charge is 0.329 e. The van der Waals surface area contributed by atoms with Crippen molar-refractivity contribution in [2.24, 2.45) is 0 Å². The zero-order chi connectivity index (χ0) is 10.2. The molecule has 1 aliphatic heterocycles. The van der Waals surface area contributed by atoms with E-state index in [2.05, 4.69) is 10.6 Å². The summed E-state index contributed by atoms with van der Waals surface area (Å²) in [6.07, 6.45) is 2.90. The molecule has 0 spiro atoms. The molecule has 14 heavy (non-hydrogen) atoms. The summed E-state index contributed by atoms with van der Waals surface area (Å²) in [5.41, 5.74) is -0.943. The summed E-state index contributed by atoms with van der Waals surface area (Å²) in [6, 6.07) is -0.188. The zero-order valence-electron chi connectivity index (χ0n) is 7.88. The minimum atomic E-state index is -0.943. The van der Waals surface area contributed by atoms with Gasteiger partial charge < -0.3 is 15.7 Å². The van der Waals surface area contributed by atoms with E-state index in [9.17, 15) is 9.59 Å². The lowest BCUT2D eigenvalue weighted by molar-refractivity contribution is -0.143. The van der Waals surface area contributed by atoms with Gasteiger partial charge in [-0.05, 0) is 32.2 Å². The first-order valence-electron chi connectivity index (χ1n) is 4.93. The van der Waals surface area contributed by atoms with Crippen molar-refractivity contribution >= 4 is 11.9 Å². The fraction of sp³-hybridized carbons (Fsp3) is 0.778. The first-order chi connectivity index (χ1) is 6.64. The van der Waals surface area contributed by atoms with Gasteiger partial charge in [0.1, 0.15) is 5.54 Å². The van der Waals surface area contributed by atoms with Gasteiger partial charge in [0, 0.05) is 0 Å². The Balaban J connectivity index is 1.91. The maximum atomic E-state index is 11.6. The molecule has 0 radical (unpaired) electrons. The maximum absolute atomic E-state index is 11.6. The van der Waals surface area contributed by atoms with Crippen LogP contribution in [0.4, 0.5) is 0 Å². The van der Waals surface area contributed by atoms with E-state index < -0.39 is 11.5 Å². The maximum Gasteiger partial charge on any atom is 0.329 e. The molecule has 1 aliphatic carbocycles. The molecule has 78 valence electrons. The van der Waals surface area contributed by atoms with Crippen LogP contribution >= 0.6 is 0 Å². The van der Waals surface area contributed by atoms with Gasteiger partial charge in [0.2, 0.25) is 5.91 Å². The minimum absolute atomic E-state index is 0.164. The van der Waals surface area contributed by atoms with Gasteiger partial charge in [-0.25, -0.2) is 4.79 Å². The second-order valence-corrected chi connectivity index (χ2v) is 4.03. The molecule has 1 heterocycles. The van der Waals surface area contributed by atoms with Gasteiger partial charge in [-0.15, -0.1) is 0 Å². The summed E-state index contributed by atoms with van der Waals surface area (Å²) in [4.78, 5) is 22.4. The van der Waals surface area contributed by atoms with E-state index in [1.807, 2.05) is 0 Å². The number of amides is 1. The molecule has 0 aromatic heterocycles. The zero-order valence-corrected chi connectivity index (χ0v) is 7.88. The number of carbonyl (C=O) groups excluding carboxylic acids is 1. The second-order valence-electron chi connectivity index (χ2n) is 4.03. The summed E-state index contributed by atoms with van der Waals surface area (Å²) in [5.74, 6) is -1.08. The Kier molecular flexibility index (Phi) is 2.19. The average Bonchev–Trinajstić information content (AvgIpc) is 2.74. The highest BCUT2D eigenvalue weighted by atomic mass is 16.4. The van der Waals surface area contributed by atoms with E-state index in [1.54, 1.807) is 0 Å². The number of rotatable bonds is 3. The molecule has 1 atom stereocenters. The number of nitrogens with one attached hydrogen (secondary N) is 2. The molecule has 0 aromatic carbocycles. The molecule has 1 unspecified atom stereocenters. The fourth-order valence-corrected chi connectivity index (χ4v) is 1.75. The lowest BCUT2D eigenvalue weighted by Gasteiger charge is -2.16. The van der Waals surface area contributed by atoms with Gasteiger partial charge >= 0.3 is 5.97 Å². The van der Waals surface area contributed by atoms with E-state index in [1.165, 1.54) is 0 Å². The summed E-state index contributed by atoms with van der Waals surface area (Å²) in [6.45, 7) is 0.845. The van der Waals surface area contributed by atoms with Crippen LogP contribution in [-0.4, -0.2) is 35.1 Å². The quantitative estimate of drug-likeness (QED) is 0.569. The summed E-state index contributed by atoms with van der Waals surface area (Å²) < 4.78 is 0. The summed E-state index contributed by atoms with van der Waals surface area (Å²) in [7, 11) is 0. The van der Waals surface area contributed by atoms with Gasteiger partial charge in [-0.1, -0.05) is 0 Å². The first kappa shape index (κ1) is 9.45. The Hall–Kier alpha value is -1.10. The van der Waals surface area contributed by atoms with Crippen LogP contribution < -0.4 is 10.6 Å². The third kappa shape index (κ3) is 1.59. The predicted molar refractivity (Wildman–Crippen MR) is 48.8 cm³/mol. The molecule has 5 nitrogen and oxygen atoms in total. The third-order valence-corrected chi connectivity index (χ3v) is 2.90. The second kappa shape index (κ2) is 3.24. The molecule has 1 saturated carbocycles. The van der Waals surface area contributed by atoms with E-state index in [-0.39, 0.29) is 11.9 Å². The lowest BCUT2D eigenvalue weighted by Crippen LogP contribution is -2.49. The van der Waals surface area contributed by atoms with Crippen molar-refractivity contribution in [3.8, 4) is 0 Å². The molecule has 5 heteroatoms. The highest BCUT2D eigenvalue weighted by Crippen LogP contribution is 2.35. The largest absolute Gasteiger partial charge is 0.480 e. The van der Waals surface area contributed by atoms with Crippen molar-refractivity contribution < 1.29 is 14.7 Å². The molecule has 2 aliphatic rings. The molecule has 2 fully saturated rings. The van der Waals surface area contributed by atoms with Crippen LogP contribution in [0.25, 0.3) is 0 Å². The van der Waals surface area contributed by atoms with Crippen LogP contribution in [0, 0.1) is 0 Å². The lowest BCUT2D eigenvalue weighted by atomic mass is 10.2. The van der Waals surface area contributed by atoms with Crippen LogP contribution in [0.2, 0.25) is 0 Å². The number of aliphatic carboxylic acids is 1. The Morgan fingerprint density at radius 3 is 2.57 bits per heavy atom. The van der Waals surface area contributed by atoms with Crippen LogP contribution in [0.3, 0.4) is 0 Å². The Labute approximate surface area is 81.9 Å². The minimum Gasteiger partial charge on any atom is -0.480 e. The van der Waals surface area contributed by atoms with E-state index in [4.69, 9.17) is 5.11 Å². The number of carbonyl (C=O) groups is 2. The molecule has 0 bridgehead atoms. The molecular weight excluding hydrogens is 184 g/mol. The van der Waals surface area contributed by atoms with Gasteiger partial charge in [0.05, 0.1) is 6.04 Å². The summed E-state index contributed by atoms with van der Waals surface area (Å²) in [5, 5.41) is 14.5. The predicted octanol–water partition coefficient (Wildman–Crippen LogP) is -0.528. The monoisotopic (exact) mass is 198 g/mol. The van der Waals surface area contributed by atoms with E-state index in [0.29, 0.717) is 12.8 Å². The topological polar surface area (TPSA) is 78.4 Å². The van der Waals surface area contributed by atoms with Crippen molar-refractivity contribution in [2.45, 2.75) is 37.3 Å². The number of hydrogen-bond donors (Lipinski definition) is 3. The normalized spacial score (nSPS) is 28.4. The van der Waals surface area contributed by atoms with Gasteiger partial charge in [0.15, 0.2) is 0 Å². The van der Waals surface area contributed by atoms with E-state index >= 15 is 0 Å². The van der Waals surface area contributed by atoms with Crippen molar-refractivity contribution in [1.82, 2.24) is 10.6 Å². The van der Waals surface area contributed by atoms with Crippen molar-refractivity contribution in [2.75, 3.05) is 6.54 Å². The fourth-order valence-electron chi connectivity index (χ4n) is 1.75. The Morgan fingerprint density at radius 2 is 2.14 bits per heavy atom. The van der Waals surface area contributed by atoms with Crippen LogP contribution in [0.5, 0.6) is 0 Å². The van der Waals surface area contributed by atoms with E-state index in [0.717, 1.165) is 19.4 Å². The van der Waals surface area contributed by atoms with Crippen molar-refractivity contribution in [1.29, 1.82) is 0 Å². The third-order valence-electron chi connectivity index (χ3n) is 2.90. The highest BCUT2D eigenvalue weighted by Gasteiger charge is 2.52. The number of carboxylic acid groups (broad SMARTS) is 1.